The van der Waals surface area contributed by atoms with Crippen molar-refractivity contribution in [3.63, 3.8) is 0 Å². The fourth-order valence-corrected chi connectivity index (χ4v) is 1.98. The smallest absolute Gasteiger partial charge is 0.405 e. The van der Waals surface area contributed by atoms with Crippen molar-refractivity contribution < 1.29 is 22.7 Å². The highest BCUT2D eigenvalue weighted by atomic mass is 19.4. The maximum absolute atomic E-state index is 12.2. The van der Waals surface area contributed by atoms with E-state index in [2.05, 4.69) is 16.1 Å². The van der Waals surface area contributed by atoms with Gasteiger partial charge >= 0.3 is 6.36 Å². The Kier molecular flexibility index (Phi) is 5.25. The quantitative estimate of drug-likeness (QED) is 0.593. The van der Waals surface area contributed by atoms with Gasteiger partial charge in [-0.1, -0.05) is 29.4 Å². The highest BCUT2D eigenvalue weighted by molar-refractivity contribution is 5.78. The van der Waals surface area contributed by atoms with Gasteiger partial charge in [-0.05, 0) is 37.3 Å². The van der Waals surface area contributed by atoms with E-state index in [4.69, 9.17) is 4.84 Å². The van der Waals surface area contributed by atoms with Crippen LogP contribution in [0.15, 0.2) is 41.1 Å². The summed E-state index contributed by atoms with van der Waals surface area (Å²) >= 11 is 0. The van der Waals surface area contributed by atoms with E-state index in [0.717, 1.165) is 31.3 Å². The third-order valence-corrected chi connectivity index (χ3v) is 2.96. The molecule has 113 valence electrons. The summed E-state index contributed by atoms with van der Waals surface area (Å²) < 4.78 is 40.7. The Labute approximate surface area is 121 Å². The third-order valence-electron chi connectivity index (χ3n) is 2.96. The molecule has 21 heavy (non-hydrogen) atoms. The number of hydrogen-bond donors (Lipinski definition) is 0. The Hall–Kier alpha value is -1.98. The number of allylic oxidation sites excluding steroid dienone is 2. The Morgan fingerprint density at radius 1 is 1.19 bits per heavy atom. The number of rotatable bonds is 5. The molecule has 1 aromatic rings. The zero-order valence-electron chi connectivity index (χ0n) is 11.3. The second-order valence-electron chi connectivity index (χ2n) is 4.61. The van der Waals surface area contributed by atoms with Crippen LogP contribution in [0.25, 0.3) is 0 Å². The second-order valence-corrected chi connectivity index (χ2v) is 4.61. The van der Waals surface area contributed by atoms with Crippen LogP contribution in [-0.4, -0.2) is 12.6 Å². The van der Waals surface area contributed by atoms with Gasteiger partial charge in [-0.25, -0.2) is 0 Å². The summed E-state index contributed by atoms with van der Waals surface area (Å²) in [6, 6.07) is 5.81. The van der Waals surface area contributed by atoms with Crippen LogP contribution in [0.2, 0.25) is 0 Å². The number of para-hydroxylation sites is 1. The van der Waals surface area contributed by atoms with Gasteiger partial charge in [0.2, 0.25) is 0 Å². The molecule has 0 aromatic heterocycles. The predicted octanol–water partition coefficient (Wildman–Crippen LogP) is 4.47. The Balaban J connectivity index is 1.91. The molecule has 0 atom stereocenters. The van der Waals surface area contributed by atoms with Gasteiger partial charge in [-0.3, -0.25) is 0 Å². The van der Waals surface area contributed by atoms with E-state index < -0.39 is 6.36 Å². The van der Waals surface area contributed by atoms with Crippen LogP contribution in [-0.2, 0) is 11.4 Å². The summed E-state index contributed by atoms with van der Waals surface area (Å²) in [6.45, 7) is -0.105. The maximum atomic E-state index is 12.2. The molecule has 0 spiro atoms. The molecule has 1 radical (unpaired) electrons. The van der Waals surface area contributed by atoms with Crippen LogP contribution in [0, 0.1) is 0 Å². The molecule has 1 aliphatic carbocycles. The second kappa shape index (κ2) is 7.15. The topological polar surface area (TPSA) is 30.8 Å². The molecule has 0 aliphatic heterocycles. The number of ether oxygens (including phenoxy) is 1. The van der Waals surface area contributed by atoms with Crippen molar-refractivity contribution in [3.05, 3.63) is 41.5 Å². The molecule has 6 heteroatoms. The Morgan fingerprint density at radius 2 is 2.00 bits per heavy atom. The van der Waals surface area contributed by atoms with Crippen molar-refractivity contribution in [2.24, 2.45) is 5.16 Å². The van der Waals surface area contributed by atoms with Crippen LogP contribution in [0.4, 0.5) is 13.2 Å². The number of halogens is 3. The first-order valence-electron chi connectivity index (χ1n) is 6.65. The van der Waals surface area contributed by atoms with Gasteiger partial charge in [0.25, 0.3) is 0 Å². The van der Waals surface area contributed by atoms with E-state index in [1.807, 2.05) is 6.08 Å². The van der Waals surface area contributed by atoms with Gasteiger partial charge in [0.15, 0.2) is 0 Å². The lowest BCUT2D eigenvalue weighted by atomic mass is 10.0. The number of hydrogen-bond acceptors (Lipinski definition) is 3. The maximum Gasteiger partial charge on any atom is 0.573 e. The fraction of sp³-hybridized carbons (Fsp3) is 0.400. The van der Waals surface area contributed by atoms with E-state index in [-0.39, 0.29) is 17.9 Å². The molecule has 0 amide bonds. The van der Waals surface area contributed by atoms with Crippen molar-refractivity contribution in [2.45, 2.75) is 38.7 Å². The lowest BCUT2D eigenvalue weighted by Crippen LogP contribution is -2.18. The molecule has 0 bridgehead atoms. The van der Waals surface area contributed by atoms with Gasteiger partial charge in [-0.15, -0.1) is 13.2 Å². The molecule has 0 unspecified atom stereocenters. The van der Waals surface area contributed by atoms with E-state index in [0.29, 0.717) is 0 Å². The largest absolute Gasteiger partial charge is 0.573 e. The predicted molar refractivity (Wildman–Crippen MR) is 71.9 cm³/mol. The van der Waals surface area contributed by atoms with Crippen LogP contribution in [0.5, 0.6) is 5.75 Å². The van der Waals surface area contributed by atoms with Crippen molar-refractivity contribution in [3.8, 4) is 5.75 Å². The highest BCUT2D eigenvalue weighted by Crippen LogP contribution is 2.26. The number of benzene rings is 1. The van der Waals surface area contributed by atoms with Crippen LogP contribution >= 0.6 is 0 Å². The van der Waals surface area contributed by atoms with Crippen LogP contribution in [0.3, 0.4) is 0 Å². The molecule has 1 aromatic carbocycles. The average Bonchev–Trinajstić information content (AvgIpc) is 2.45. The molecular weight excluding hydrogens is 283 g/mol. The summed E-state index contributed by atoms with van der Waals surface area (Å²) in [5.41, 5.74) is 1.25. The Bertz CT molecular complexity index is 524. The minimum atomic E-state index is -4.72. The summed E-state index contributed by atoms with van der Waals surface area (Å²) in [5.74, 6) is -0.280. The molecule has 3 nitrogen and oxygen atoms in total. The first-order valence-corrected chi connectivity index (χ1v) is 6.65. The van der Waals surface area contributed by atoms with E-state index >= 15 is 0 Å². The first-order chi connectivity index (χ1) is 10.0. The van der Waals surface area contributed by atoms with Gasteiger partial charge < -0.3 is 9.57 Å². The standard InChI is InChI=1S/C15H15F3NO2/c16-15(17,18)21-14-9-5-4-8-13(14)11-20-19-10-12-6-2-1-3-7-12/h4-6,8-9H,1-3,7,11H2. The normalized spacial score (nSPS) is 15.9. The third kappa shape index (κ3) is 5.49. The van der Waals surface area contributed by atoms with E-state index in [1.54, 1.807) is 6.07 Å². The summed E-state index contributed by atoms with van der Waals surface area (Å²) in [4.78, 5) is 5.00. The molecule has 1 aliphatic rings. The molecule has 0 saturated heterocycles. The molecule has 0 fully saturated rings. The van der Waals surface area contributed by atoms with Crippen molar-refractivity contribution >= 4 is 6.21 Å². The fourth-order valence-electron chi connectivity index (χ4n) is 1.98. The monoisotopic (exact) mass is 298 g/mol. The highest BCUT2D eigenvalue weighted by Gasteiger charge is 2.32. The van der Waals surface area contributed by atoms with E-state index in [1.165, 1.54) is 18.2 Å². The van der Waals surface area contributed by atoms with Crippen LogP contribution in [0.1, 0.15) is 31.2 Å². The molecule has 0 N–H and O–H groups in total. The Morgan fingerprint density at radius 3 is 2.71 bits per heavy atom. The van der Waals surface area contributed by atoms with Gasteiger partial charge in [0.05, 0.1) is 0 Å². The summed E-state index contributed by atoms with van der Waals surface area (Å²) in [7, 11) is 0. The van der Waals surface area contributed by atoms with Gasteiger partial charge in [0.1, 0.15) is 18.6 Å². The molecule has 0 saturated carbocycles. The van der Waals surface area contributed by atoms with Gasteiger partial charge in [0, 0.05) is 5.56 Å². The minimum absolute atomic E-state index is 0.105. The van der Waals surface area contributed by atoms with Crippen molar-refractivity contribution in [1.29, 1.82) is 0 Å². The van der Waals surface area contributed by atoms with E-state index in [9.17, 15) is 13.2 Å². The zero-order chi connectivity index (χ0) is 15.1. The SMILES string of the molecule is FC(F)(F)Oc1ccccc1CO/N=[C]\C1=CCCCC1. The van der Waals surface area contributed by atoms with Gasteiger partial charge in [-0.2, -0.15) is 0 Å². The average molecular weight is 298 g/mol. The lowest BCUT2D eigenvalue weighted by molar-refractivity contribution is -0.275. The van der Waals surface area contributed by atoms with Crippen molar-refractivity contribution in [1.82, 2.24) is 0 Å². The summed E-state index contributed by atoms with van der Waals surface area (Å²) in [5, 5.41) is 3.67. The van der Waals surface area contributed by atoms with Crippen LogP contribution < -0.4 is 4.74 Å². The number of nitrogens with zero attached hydrogens (tertiary/aromatic N) is 1. The number of alkyl halides is 3. The molecular formula is C15H15F3NO2. The molecule has 2 rings (SSSR count). The lowest BCUT2D eigenvalue weighted by Gasteiger charge is -2.12. The first kappa shape index (κ1) is 15.4. The summed E-state index contributed by atoms with van der Waals surface area (Å²) in [6.07, 6.45) is 4.23. The zero-order valence-corrected chi connectivity index (χ0v) is 11.3. The van der Waals surface area contributed by atoms with Crippen molar-refractivity contribution in [2.75, 3.05) is 0 Å². The minimum Gasteiger partial charge on any atom is -0.405 e. The molecule has 0 heterocycles.